The minimum atomic E-state index is -0.512. The van der Waals surface area contributed by atoms with Gasteiger partial charge in [0.25, 0.3) is 0 Å². The molecule has 2 heterocycles. The Hall–Kier alpha value is -2.60. The minimum absolute atomic E-state index is 0.239. The molecule has 26 heavy (non-hydrogen) atoms. The average molecular weight is 370 g/mol. The number of benzene rings is 1. The highest BCUT2D eigenvalue weighted by Gasteiger charge is 2.37. The van der Waals surface area contributed by atoms with Crippen LogP contribution in [0.3, 0.4) is 0 Å². The molecule has 0 fully saturated rings. The van der Waals surface area contributed by atoms with Crippen LogP contribution in [-0.4, -0.2) is 18.1 Å². The molecule has 1 N–H and O–H groups in total. The Balaban J connectivity index is 2.10. The molecule has 0 saturated heterocycles. The molecular weight excluding hydrogens is 348 g/mol. The standard InChI is InChI=1S/C20H22N2O3S/c1-12(2)25-19(23)17-14(4)22(16-7-5-13(3)6-8-16)20(24)21-18(17)15-9-10-26-11-15/h5-12,18H,1-4H3,(H,21,24). The van der Waals surface area contributed by atoms with Gasteiger partial charge in [-0.05, 0) is 62.2 Å². The van der Waals surface area contributed by atoms with Crippen molar-refractivity contribution in [3.8, 4) is 0 Å². The van der Waals surface area contributed by atoms with Gasteiger partial charge in [0.05, 0.1) is 23.4 Å². The summed E-state index contributed by atoms with van der Waals surface area (Å²) < 4.78 is 5.46. The maximum absolute atomic E-state index is 12.8. The van der Waals surface area contributed by atoms with Gasteiger partial charge >= 0.3 is 12.0 Å². The quantitative estimate of drug-likeness (QED) is 0.803. The summed E-state index contributed by atoms with van der Waals surface area (Å²) in [6.45, 7) is 7.40. The van der Waals surface area contributed by atoms with Gasteiger partial charge in [0.1, 0.15) is 0 Å². The van der Waals surface area contributed by atoms with Crippen LogP contribution in [0.5, 0.6) is 0 Å². The molecular formula is C20H22N2O3S. The van der Waals surface area contributed by atoms with E-state index in [1.54, 1.807) is 6.92 Å². The van der Waals surface area contributed by atoms with Crippen LogP contribution in [0.1, 0.15) is 37.9 Å². The maximum Gasteiger partial charge on any atom is 0.338 e. The Kier molecular flexibility index (Phi) is 5.13. The lowest BCUT2D eigenvalue weighted by atomic mass is 9.96. The number of thiophene rings is 1. The molecule has 2 aromatic rings. The van der Waals surface area contributed by atoms with Crippen molar-refractivity contribution in [1.82, 2.24) is 5.32 Å². The number of hydrogen-bond acceptors (Lipinski definition) is 4. The predicted octanol–water partition coefficient (Wildman–Crippen LogP) is 4.55. The highest BCUT2D eigenvalue weighted by Crippen LogP contribution is 2.35. The fourth-order valence-corrected chi connectivity index (χ4v) is 3.67. The summed E-state index contributed by atoms with van der Waals surface area (Å²) in [7, 11) is 0. The first-order valence-electron chi connectivity index (χ1n) is 8.49. The SMILES string of the molecule is CC1=C(C(=O)OC(C)C)C(c2ccsc2)NC(=O)N1c1ccc(C)cc1. The van der Waals surface area contributed by atoms with Gasteiger partial charge in [-0.25, -0.2) is 9.59 Å². The Bertz CT molecular complexity index is 838. The molecule has 0 saturated carbocycles. The van der Waals surface area contributed by atoms with Crippen molar-refractivity contribution in [2.24, 2.45) is 0 Å². The molecule has 2 amide bonds. The zero-order chi connectivity index (χ0) is 18.8. The van der Waals surface area contributed by atoms with Crippen molar-refractivity contribution in [2.45, 2.75) is 39.8 Å². The second-order valence-electron chi connectivity index (χ2n) is 6.56. The molecule has 1 aromatic heterocycles. The first-order chi connectivity index (χ1) is 12.4. The number of ether oxygens (including phenoxy) is 1. The molecule has 0 spiro atoms. The van der Waals surface area contributed by atoms with Gasteiger partial charge < -0.3 is 10.1 Å². The van der Waals surface area contributed by atoms with Gasteiger partial charge in [-0.2, -0.15) is 11.3 Å². The van der Waals surface area contributed by atoms with Crippen molar-refractivity contribution in [3.63, 3.8) is 0 Å². The number of carbonyl (C=O) groups excluding carboxylic acids is 2. The number of nitrogens with one attached hydrogen (secondary N) is 1. The van der Waals surface area contributed by atoms with E-state index < -0.39 is 12.0 Å². The number of nitrogens with zero attached hydrogens (tertiary/aromatic N) is 1. The lowest BCUT2D eigenvalue weighted by molar-refractivity contribution is -0.143. The molecule has 1 aromatic carbocycles. The van der Waals surface area contributed by atoms with E-state index in [4.69, 9.17) is 4.74 Å². The number of allylic oxidation sites excluding steroid dienone is 1. The first-order valence-corrected chi connectivity index (χ1v) is 9.44. The highest BCUT2D eigenvalue weighted by atomic mass is 32.1. The maximum atomic E-state index is 12.8. The molecule has 0 aliphatic carbocycles. The average Bonchev–Trinajstić information content (AvgIpc) is 3.09. The summed E-state index contributed by atoms with van der Waals surface area (Å²) in [5, 5.41) is 6.81. The zero-order valence-electron chi connectivity index (χ0n) is 15.3. The highest BCUT2D eigenvalue weighted by molar-refractivity contribution is 7.08. The van der Waals surface area contributed by atoms with Crippen molar-refractivity contribution < 1.29 is 14.3 Å². The van der Waals surface area contributed by atoms with Crippen molar-refractivity contribution in [2.75, 3.05) is 4.90 Å². The van der Waals surface area contributed by atoms with E-state index in [-0.39, 0.29) is 12.1 Å². The summed E-state index contributed by atoms with van der Waals surface area (Å²) in [5.41, 5.74) is 3.73. The van der Waals surface area contributed by atoms with Crippen LogP contribution in [0.2, 0.25) is 0 Å². The summed E-state index contributed by atoms with van der Waals surface area (Å²) in [4.78, 5) is 27.2. The number of anilines is 1. The fourth-order valence-electron chi connectivity index (χ4n) is 2.98. The summed E-state index contributed by atoms with van der Waals surface area (Å²) in [6, 6.07) is 8.75. The number of esters is 1. The number of amides is 2. The van der Waals surface area contributed by atoms with Crippen LogP contribution in [0.25, 0.3) is 0 Å². The lowest BCUT2D eigenvalue weighted by Crippen LogP contribution is -2.48. The van der Waals surface area contributed by atoms with Crippen LogP contribution in [0, 0.1) is 6.92 Å². The number of hydrogen-bond donors (Lipinski definition) is 1. The Morgan fingerprint density at radius 3 is 2.46 bits per heavy atom. The monoisotopic (exact) mass is 370 g/mol. The molecule has 0 radical (unpaired) electrons. The van der Waals surface area contributed by atoms with E-state index in [2.05, 4.69) is 5.32 Å². The van der Waals surface area contributed by atoms with Crippen molar-refractivity contribution >= 4 is 29.0 Å². The van der Waals surface area contributed by atoms with E-state index in [0.717, 1.165) is 11.1 Å². The molecule has 6 heteroatoms. The first kappa shape index (κ1) is 18.2. The van der Waals surface area contributed by atoms with Crippen LogP contribution < -0.4 is 10.2 Å². The Morgan fingerprint density at radius 2 is 1.88 bits per heavy atom. The normalized spacial score (nSPS) is 17.5. The minimum Gasteiger partial charge on any atom is -0.459 e. The third kappa shape index (κ3) is 3.51. The molecule has 1 aliphatic heterocycles. The topological polar surface area (TPSA) is 58.6 Å². The van der Waals surface area contributed by atoms with Crippen molar-refractivity contribution in [3.05, 3.63) is 63.5 Å². The fraction of sp³-hybridized carbons (Fsp3) is 0.300. The van der Waals surface area contributed by atoms with Crippen LogP contribution in [0.4, 0.5) is 10.5 Å². The third-order valence-electron chi connectivity index (χ3n) is 4.22. The molecule has 0 bridgehead atoms. The third-order valence-corrected chi connectivity index (χ3v) is 4.92. The molecule has 1 atom stereocenters. The van der Waals surface area contributed by atoms with Gasteiger partial charge in [0.15, 0.2) is 0 Å². The van der Waals surface area contributed by atoms with Gasteiger partial charge in [-0.1, -0.05) is 17.7 Å². The van der Waals surface area contributed by atoms with E-state index in [0.29, 0.717) is 17.0 Å². The molecule has 136 valence electrons. The molecule has 3 rings (SSSR count). The smallest absolute Gasteiger partial charge is 0.338 e. The molecule has 5 nitrogen and oxygen atoms in total. The largest absolute Gasteiger partial charge is 0.459 e. The van der Waals surface area contributed by atoms with Gasteiger partial charge in [0.2, 0.25) is 0 Å². The number of urea groups is 1. The predicted molar refractivity (Wildman–Crippen MR) is 103 cm³/mol. The Labute approximate surface area is 157 Å². The molecule has 1 unspecified atom stereocenters. The van der Waals surface area contributed by atoms with E-state index in [1.807, 2.05) is 61.9 Å². The number of rotatable bonds is 4. The second-order valence-corrected chi connectivity index (χ2v) is 7.34. The van der Waals surface area contributed by atoms with Gasteiger partial charge in [-0.3, -0.25) is 4.90 Å². The Morgan fingerprint density at radius 1 is 1.19 bits per heavy atom. The van der Waals surface area contributed by atoms with Crippen LogP contribution in [-0.2, 0) is 9.53 Å². The van der Waals surface area contributed by atoms with Gasteiger partial charge in [0, 0.05) is 5.70 Å². The van der Waals surface area contributed by atoms with E-state index in [9.17, 15) is 9.59 Å². The summed E-state index contributed by atoms with van der Waals surface area (Å²) in [6.07, 6.45) is -0.239. The van der Waals surface area contributed by atoms with E-state index in [1.165, 1.54) is 16.2 Å². The molecule has 1 aliphatic rings. The zero-order valence-corrected chi connectivity index (χ0v) is 16.1. The lowest BCUT2D eigenvalue weighted by Gasteiger charge is -2.35. The number of aryl methyl sites for hydroxylation is 1. The van der Waals surface area contributed by atoms with Crippen LogP contribution >= 0.6 is 11.3 Å². The summed E-state index contributed by atoms with van der Waals surface area (Å²) >= 11 is 1.52. The van der Waals surface area contributed by atoms with Crippen molar-refractivity contribution in [1.29, 1.82) is 0 Å². The van der Waals surface area contributed by atoms with E-state index >= 15 is 0 Å². The van der Waals surface area contributed by atoms with Gasteiger partial charge in [-0.15, -0.1) is 0 Å². The van der Waals surface area contributed by atoms with Crippen LogP contribution in [0.15, 0.2) is 52.4 Å². The summed E-state index contributed by atoms with van der Waals surface area (Å²) in [5.74, 6) is -0.411. The number of carbonyl (C=O) groups is 2. The second kappa shape index (κ2) is 7.33.